The molecular weight excluding hydrogens is 1070 g/mol. The predicted octanol–water partition coefficient (Wildman–Crippen LogP) is 15.2. The number of carbonyl (C=O) groups is 2. The Balaban J connectivity index is 0.000000205. The Labute approximate surface area is 465 Å². The van der Waals surface area contributed by atoms with Crippen molar-refractivity contribution in [1.82, 2.24) is 34.1 Å². The second-order valence-electron chi connectivity index (χ2n) is 20.2. The Morgan fingerprint density at radius 3 is 1.30 bits per heavy atom. The quantitative estimate of drug-likeness (QED) is 0.125. The molecule has 77 heavy (non-hydrogen) atoms. The molecule has 2 amide bonds. The van der Waals surface area contributed by atoms with Crippen LogP contribution in [0.5, 0.6) is 0 Å². The first-order valence-electron chi connectivity index (χ1n) is 24.4. The minimum atomic E-state index is -0.735. The zero-order valence-corrected chi connectivity index (χ0v) is 48.0. The number of nitrogens with zero attached hydrogens (tertiary/aromatic N) is 11. The van der Waals surface area contributed by atoms with Gasteiger partial charge in [0.1, 0.15) is 21.3 Å². The van der Waals surface area contributed by atoms with Crippen LogP contribution in [0.1, 0.15) is 74.9 Å². The molecule has 0 aliphatic rings. The number of ether oxygens (including phenoxy) is 2. The summed E-state index contributed by atoms with van der Waals surface area (Å²) in [5.74, 6) is 0.386. The normalized spacial score (nSPS) is 11.4. The second-order valence-corrected chi connectivity index (χ2v) is 23.1. The first-order chi connectivity index (χ1) is 36.5. The highest BCUT2D eigenvalue weighted by atomic mass is 79.9. The van der Waals surface area contributed by atoms with Crippen LogP contribution in [0.4, 0.5) is 32.9 Å². The van der Waals surface area contributed by atoms with E-state index in [1.807, 2.05) is 101 Å². The van der Waals surface area contributed by atoms with Gasteiger partial charge in [0.25, 0.3) is 0 Å². The molecule has 0 saturated heterocycles. The number of hydrogen-bond acceptors (Lipinski definition) is 13. The summed E-state index contributed by atoms with van der Waals surface area (Å²) in [6, 6.07) is 33.9. The Hall–Kier alpha value is -8.03. The van der Waals surface area contributed by atoms with E-state index in [1.54, 1.807) is 84.4 Å². The molecule has 4 aromatic carbocycles. The SMILES string of the molecule is Cc1cc(-c2ccncc2)cc(C)c1Sc1nc(N(C(=O)OC(C)(C)C)c2ccc(C#N)cc2)nc2ccn(C)c12.Cc1cc(Br)cc(C)c1Sc1nc(N(C(=O)OC(C)(C)C)c2ccc(C#N)cc2)nc2ccn(C)c12. The molecular formula is C59H56BrN11O4S2. The third-order valence-corrected chi connectivity index (χ3v) is 14.8. The summed E-state index contributed by atoms with van der Waals surface area (Å²) in [6.07, 6.45) is 6.23. The molecule has 0 aliphatic heterocycles. The molecule has 18 heteroatoms. The molecule has 5 heterocycles. The first kappa shape index (κ1) is 55.2. The third-order valence-electron chi connectivity index (χ3n) is 11.7. The molecule has 0 fully saturated rings. The summed E-state index contributed by atoms with van der Waals surface area (Å²) in [4.78, 5) is 55.3. The minimum Gasteiger partial charge on any atom is -0.443 e. The Morgan fingerprint density at radius 2 is 0.935 bits per heavy atom. The van der Waals surface area contributed by atoms with Crippen LogP contribution in [-0.4, -0.2) is 57.4 Å². The largest absolute Gasteiger partial charge is 0.443 e. The van der Waals surface area contributed by atoms with Gasteiger partial charge in [-0.05, 0) is 188 Å². The van der Waals surface area contributed by atoms with Crippen molar-refractivity contribution >= 4 is 97.0 Å². The molecule has 0 bridgehead atoms. The second kappa shape index (κ2) is 22.7. The fourth-order valence-corrected chi connectivity index (χ4v) is 11.2. The average molecular weight is 1130 g/mol. The topological polar surface area (TPSA) is 181 Å². The highest BCUT2D eigenvalue weighted by Crippen LogP contribution is 2.41. The molecule has 0 unspecified atom stereocenters. The number of halogens is 1. The third kappa shape index (κ3) is 12.8. The van der Waals surface area contributed by atoms with Gasteiger partial charge in [-0.2, -0.15) is 10.5 Å². The van der Waals surface area contributed by atoms with Crippen molar-refractivity contribution in [3.05, 3.63) is 160 Å². The molecule has 0 atom stereocenters. The zero-order valence-electron chi connectivity index (χ0n) is 44.8. The van der Waals surface area contributed by atoms with Crippen molar-refractivity contribution in [2.45, 2.75) is 100 Å². The van der Waals surface area contributed by atoms with Gasteiger partial charge >= 0.3 is 12.2 Å². The van der Waals surface area contributed by atoms with Crippen molar-refractivity contribution in [2.75, 3.05) is 9.80 Å². The summed E-state index contributed by atoms with van der Waals surface area (Å²) in [5.41, 5.74) is 10.3. The molecule has 0 saturated carbocycles. The van der Waals surface area contributed by atoms with Crippen molar-refractivity contribution in [3.63, 3.8) is 0 Å². The van der Waals surface area contributed by atoms with Crippen molar-refractivity contribution < 1.29 is 19.1 Å². The number of pyridine rings is 1. The van der Waals surface area contributed by atoms with Gasteiger partial charge in [-0.25, -0.2) is 39.3 Å². The van der Waals surface area contributed by atoms with Crippen LogP contribution in [0, 0.1) is 50.4 Å². The number of rotatable bonds is 9. The van der Waals surface area contributed by atoms with Gasteiger partial charge in [0.15, 0.2) is 0 Å². The molecule has 0 N–H and O–H groups in total. The molecule has 0 aliphatic carbocycles. The van der Waals surface area contributed by atoms with Crippen LogP contribution < -0.4 is 9.80 Å². The average Bonchev–Trinajstić information content (AvgIpc) is 3.97. The first-order valence-corrected chi connectivity index (χ1v) is 26.8. The lowest BCUT2D eigenvalue weighted by Gasteiger charge is -2.26. The lowest BCUT2D eigenvalue weighted by atomic mass is 10.0. The highest BCUT2D eigenvalue weighted by molar-refractivity contribution is 9.10. The standard InChI is InChI=1S/C32H30N6O2S.C27H26BrN5O2S/c1-20-17-24(23-11-14-34-15-12-23)18-21(2)28(20)41-29-27-26(13-16-37(27)6)35-30(36-29)38(31(39)40-32(3,4)5)25-9-7-22(19-33)8-10-25;1-16-13-19(28)14-17(2)23(16)36-24-22-21(11-12-32(22)6)30-25(31-24)33(26(34)35-27(3,4)5)20-9-7-18(15-29)8-10-20/h7-18H,1-6H3;7-14H,1-6H3. The van der Waals surface area contributed by atoms with Crippen molar-refractivity contribution in [3.8, 4) is 23.3 Å². The highest BCUT2D eigenvalue weighted by Gasteiger charge is 2.31. The van der Waals surface area contributed by atoms with Gasteiger partial charge in [-0.1, -0.05) is 51.6 Å². The smallest absolute Gasteiger partial charge is 0.421 e. The number of aromatic nitrogens is 7. The maximum Gasteiger partial charge on any atom is 0.421 e. The van der Waals surface area contributed by atoms with Gasteiger partial charge in [0.05, 0.1) is 56.7 Å². The summed E-state index contributed by atoms with van der Waals surface area (Å²) in [6.45, 7) is 19.2. The van der Waals surface area contributed by atoms with E-state index in [1.165, 1.54) is 9.80 Å². The fraction of sp³-hybridized carbons (Fsp3) is 0.237. The van der Waals surface area contributed by atoms with E-state index in [-0.39, 0.29) is 11.9 Å². The van der Waals surface area contributed by atoms with Crippen molar-refractivity contribution in [2.24, 2.45) is 14.1 Å². The number of fused-ring (bicyclic) bond motifs is 2. The van der Waals surface area contributed by atoms with E-state index in [0.717, 1.165) is 63.7 Å². The molecule has 9 rings (SSSR count). The molecule has 5 aromatic heterocycles. The summed E-state index contributed by atoms with van der Waals surface area (Å²) >= 11 is 6.65. The summed E-state index contributed by atoms with van der Waals surface area (Å²) < 4.78 is 16.5. The van der Waals surface area contributed by atoms with Crippen LogP contribution in [0.2, 0.25) is 0 Å². The number of nitriles is 2. The summed E-state index contributed by atoms with van der Waals surface area (Å²) in [5, 5.41) is 19.9. The molecule has 15 nitrogen and oxygen atoms in total. The Bertz CT molecular complexity index is 3730. The van der Waals surface area contributed by atoms with Gasteiger partial charge in [0.2, 0.25) is 11.9 Å². The number of benzene rings is 4. The molecule has 0 radical (unpaired) electrons. The van der Waals surface area contributed by atoms with E-state index < -0.39 is 23.4 Å². The number of aryl methyl sites for hydroxylation is 6. The van der Waals surface area contributed by atoms with E-state index >= 15 is 0 Å². The van der Waals surface area contributed by atoms with Gasteiger partial charge in [-0.15, -0.1) is 0 Å². The monoisotopic (exact) mass is 1130 g/mol. The maximum absolute atomic E-state index is 13.5. The molecule has 0 spiro atoms. The Kier molecular flexibility index (Phi) is 16.3. The number of carbonyl (C=O) groups excluding carboxylic acids is 2. The van der Waals surface area contributed by atoms with E-state index in [4.69, 9.17) is 29.4 Å². The van der Waals surface area contributed by atoms with Gasteiger partial charge < -0.3 is 18.6 Å². The fourth-order valence-electron chi connectivity index (χ4n) is 8.29. The lowest BCUT2D eigenvalue weighted by Crippen LogP contribution is -2.35. The maximum atomic E-state index is 13.5. The zero-order chi connectivity index (χ0) is 55.5. The van der Waals surface area contributed by atoms with Crippen LogP contribution in [0.15, 0.2) is 146 Å². The minimum absolute atomic E-state index is 0.189. The number of amides is 2. The van der Waals surface area contributed by atoms with Crippen LogP contribution in [0.3, 0.4) is 0 Å². The van der Waals surface area contributed by atoms with Crippen LogP contribution >= 0.6 is 39.5 Å². The van der Waals surface area contributed by atoms with Gasteiger partial charge in [-0.3, -0.25) is 4.98 Å². The molecule has 9 aromatic rings. The molecule has 390 valence electrons. The number of hydrogen-bond donors (Lipinski definition) is 0. The van der Waals surface area contributed by atoms with E-state index in [2.05, 4.69) is 85.0 Å². The number of anilines is 4. The Morgan fingerprint density at radius 1 is 0.558 bits per heavy atom. The van der Waals surface area contributed by atoms with Crippen molar-refractivity contribution in [1.29, 1.82) is 10.5 Å². The summed E-state index contributed by atoms with van der Waals surface area (Å²) in [7, 11) is 3.90. The van der Waals surface area contributed by atoms with Crippen LogP contribution in [-0.2, 0) is 23.6 Å². The van der Waals surface area contributed by atoms with E-state index in [9.17, 15) is 20.1 Å². The van der Waals surface area contributed by atoms with Crippen LogP contribution in [0.25, 0.3) is 33.2 Å². The predicted molar refractivity (Wildman–Crippen MR) is 307 cm³/mol. The lowest BCUT2D eigenvalue weighted by molar-refractivity contribution is 0.0585. The van der Waals surface area contributed by atoms with Gasteiger partial charge in [0, 0.05) is 53.1 Å². The van der Waals surface area contributed by atoms with E-state index in [0.29, 0.717) is 38.6 Å².